The third-order valence-corrected chi connectivity index (χ3v) is 5.89. The molecule has 0 N–H and O–H groups in total. The van der Waals surface area contributed by atoms with E-state index in [1.165, 1.54) is 16.9 Å². The highest BCUT2D eigenvalue weighted by atomic mass is 35.5. The Morgan fingerprint density at radius 1 is 0.941 bits per heavy atom. The van der Waals surface area contributed by atoms with Gasteiger partial charge in [0.1, 0.15) is 18.1 Å². The van der Waals surface area contributed by atoms with E-state index in [9.17, 15) is 14.4 Å². The van der Waals surface area contributed by atoms with Crippen LogP contribution in [-0.4, -0.2) is 54.8 Å². The Bertz CT molecular complexity index is 1220. The van der Waals surface area contributed by atoms with E-state index < -0.39 is 0 Å². The summed E-state index contributed by atoms with van der Waals surface area (Å²) in [4.78, 5) is 41.2. The van der Waals surface area contributed by atoms with Gasteiger partial charge in [0, 0.05) is 7.05 Å². The minimum atomic E-state index is -0.349. The molecular weight excluding hydrogens is 456 g/mol. The van der Waals surface area contributed by atoms with E-state index in [1.54, 1.807) is 61.6 Å². The lowest BCUT2D eigenvalue weighted by Gasteiger charge is -2.20. The van der Waals surface area contributed by atoms with Crippen LogP contribution in [0, 0.1) is 0 Å². The molecule has 8 heteroatoms. The van der Waals surface area contributed by atoms with Crippen molar-refractivity contribution in [2.24, 2.45) is 0 Å². The fourth-order valence-corrected chi connectivity index (χ4v) is 3.94. The highest BCUT2D eigenvalue weighted by molar-refractivity contribution is 6.32. The fourth-order valence-electron chi connectivity index (χ4n) is 3.75. The number of carbonyl (C=O) groups excluding carboxylic acids is 3. The standard InChI is InChI=1S/C26H23ClN2O5/c1-28(13-14-34-23-10-6-5-9-21(23)27)24(30)20-15-17(11-12-22(20)33-2)16-29-25(31)18-7-3-4-8-19(18)26(29)32/h3-12,15H,13-14,16H2,1-2H3. The van der Waals surface area contributed by atoms with Crippen LogP contribution in [0.15, 0.2) is 66.7 Å². The molecule has 3 aromatic rings. The molecule has 0 aliphatic carbocycles. The van der Waals surface area contributed by atoms with Crippen molar-refractivity contribution in [3.63, 3.8) is 0 Å². The lowest BCUT2D eigenvalue weighted by molar-refractivity contribution is 0.0642. The third-order valence-electron chi connectivity index (χ3n) is 5.58. The number of imide groups is 1. The Morgan fingerprint density at radius 3 is 2.24 bits per heavy atom. The quantitative estimate of drug-likeness (QED) is 0.451. The molecular formula is C26H23ClN2O5. The second kappa shape index (κ2) is 9.97. The van der Waals surface area contributed by atoms with Gasteiger partial charge < -0.3 is 14.4 Å². The maximum Gasteiger partial charge on any atom is 0.261 e. The van der Waals surface area contributed by atoms with Gasteiger partial charge in [-0.15, -0.1) is 0 Å². The molecule has 0 radical (unpaired) electrons. The van der Waals surface area contributed by atoms with Crippen LogP contribution < -0.4 is 9.47 Å². The van der Waals surface area contributed by atoms with Gasteiger partial charge in [-0.3, -0.25) is 19.3 Å². The number of likely N-dealkylation sites (N-methyl/N-ethyl adjacent to an activating group) is 1. The van der Waals surface area contributed by atoms with E-state index in [-0.39, 0.29) is 30.9 Å². The van der Waals surface area contributed by atoms with E-state index in [0.717, 1.165) is 0 Å². The van der Waals surface area contributed by atoms with Crippen molar-refractivity contribution in [3.05, 3.63) is 94.0 Å². The van der Waals surface area contributed by atoms with Gasteiger partial charge in [-0.1, -0.05) is 41.9 Å². The number of methoxy groups -OCH3 is 1. The van der Waals surface area contributed by atoms with Crippen molar-refractivity contribution in [1.29, 1.82) is 0 Å². The van der Waals surface area contributed by atoms with Crippen LogP contribution in [0.5, 0.6) is 11.5 Å². The van der Waals surface area contributed by atoms with Crippen molar-refractivity contribution < 1.29 is 23.9 Å². The predicted octanol–water partition coefficient (Wildman–Crippen LogP) is 4.30. The number of carbonyl (C=O) groups is 3. The van der Waals surface area contributed by atoms with Crippen molar-refractivity contribution in [2.45, 2.75) is 6.54 Å². The fraction of sp³-hybridized carbons (Fsp3) is 0.192. The molecule has 174 valence electrons. The summed E-state index contributed by atoms with van der Waals surface area (Å²) in [6.07, 6.45) is 0. The van der Waals surface area contributed by atoms with Crippen LogP contribution in [0.3, 0.4) is 0 Å². The predicted molar refractivity (Wildman–Crippen MR) is 128 cm³/mol. The second-order valence-corrected chi connectivity index (χ2v) is 8.19. The largest absolute Gasteiger partial charge is 0.496 e. The molecule has 0 spiro atoms. The van der Waals surface area contributed by atoms with Gasteiger partial charge in [0.15, 0.2) is 0 Å². The molecule has 0 bridgehead atoms. The number of halogens is 1. The van der Waals surface area contributed by atoms with E-state index in [1.807, 2.05) is 12.1 Å². The van der Waals surface area contributed by atoms with Gasteiger partial charge in [0.2, 0.25) is 0 Å². The Balaban J connectivity index is 1.47. The van der Waals surface area contributed by atoms with Crippen molar-refractivity contribution in [1.82, 2.24) is 9.80 Å². The molecule has 0 aromatic heterocycles. The zero-order chi connectivity index (χ0) is 24.2. The number of hydrogen-bond acceptors (Lipinski definition) is 5. The molecule has 1 aliphatic heterocycles. The summed E-state index contributed by atoms with van der Waals surface area (Å²) in [5.41, 5.74) is 1.74. The maximum atomic E-state index is 13.1. The van der Waals surface area contributed by atoms with Crippen molar-refractivity contribution in [2.75, 3.05) is 27.3 Å². The lowest BCUT2D eigenvalue weighted by Crippen LogP contribution is -2.32. The summed E-state index contributed by atoms with van der Waals surface area (Å²) in [5, 5.41) is 0.499. The van der Waals surface area contributed by atoms with E-state index in [0.29, 0.717) is 45.3 Å². The van der Waals surface area contributed by atoms with Crippen LogP contribution in [0.25, 0.3) is 0 Å². The summed E-state index contributed by atoms with van der Waals surface area (Å²) in [6.45, 7) is 0.620. The van der Waals surface area contributed by atoms with Crippen LogP contribution in [0.2, 0.25) is 5.02 Å². The van der Waals surface area contributed by atoms with Gasteiger partial charge in [-0.05, 0) is 42.0 Å². The monoisotopic (exact) mass is 478 g/mol. The topological polar surface area (TPSA) is 76.2 Å². The number of fused-ring (bicyclic) bond motifs is 1. The van der Waals surface area contributed by atoms with Crippen LogP contribution >= 0.6 is 11.6 Å². The van der Waals surface area contributed by atoms with E-state index in [2.05, 4.69) is 0 Å². The summed E-state index contributed by atoms with van der Waals surface area (Å²) in [6, 6.07) is 18.9. The number of para-hydroxylation sites is 1. The van der Waals surface area contributed by atoms with Crippen LogP contribution in [0.1, 0.15) is 36.6 Å². The summed E-state index contributed by atoms with van der Waals surface area (Å²) < 4.78 is 11.1. The molecule has 0 atom stereocenters. The molecule has 0 unspecified atom stereocenters. The molecule has 34 heavy (non-hydrogen) atoms. The van der Waals surface area contributed by atoms with E-state index in [4.69, 9.17) is 21.1 Å². The van der Waals surface area contributed by atoms with Gasteiger partial charge in [-0.25, -0.2) is 0 Å². The summed E-state index contributed by atoms with van der Waals surface area (Å²) >= 11 is 6.10. The molecule has 3 aromatic carbocycles. The average molecular weight is 479 g/mol. The van der Waals surface area contributed by atoms with Crippen LogP contribution in [-0.2, 0) is 6.54 Å². The van der Waals surface area contributed by atoms with Gasteiger partial charge in [0.05, 0.1) is 41.9 Å². The average Bonchev–Trinajstić information content (AvgIpc) is 3.09. The SMILES string of the molecule is COc1ccc(CN2C(=O)c3ccccc3C2=O)cc1C(=O)N(C)CCOc1ccccc1Cl. The Hall–Kier alpha value is -3.84. The molecule has 4 rings (SSSR count). The number of benzene rings is 3. The molecule has 7 nitrogen and oxygen atoms in total. The van der Waals surface area contributed by atoms with Crippen molar-refractivity contribution >= 4 is 29.3 Å². The zero-order valence-corrected chi connectivity index (χ0v) is 19.5. The minimum absolute atomic E-state index is 0.0515. The smallest absolute Gasteiger partial charge is 0.261 e. The Kier molecular flexibility index (Phi) is 6.84. The molecule has 0 fully saturated rings. The van der Waals surface area contributed by atoms with Gasteiger partial charge in [0.25, 0.3) is 17.7 Å². The Labute approximate surface area is 202 Å². The molecule has 0 saturated carbocycles. The van der Waals surface area contributed by atoms with Crippen molar-refractivity contribution in [3.8, 4) is 11.5 Å². The highest BCUT2D eigenvalue weighted by Gasteiger charge is 2.35. The minimum Gasteiger partial charge on any atom is -0.496 e. The summed E-state index contributed by atoms with van der Waals surface area (Å²) in [5.74, 6) is -0.0272. The normalized spacial score (nSPS) is 12.5. The molecule has 3 amide bonds. The number of amides is 3. The summed E-state index contributed by atoms with van der Waals surface area (Å²) in [7, 11) is 3.14. The van der Waals surface area contributed by atoms with Gasteiger partial charge in [-0.2, -0.15) is 0 Å². The van der Waals surface area contributed by atoms with Gasteiger partial charge >= 0.3 is 0 Å². The molecule has 1 aliphatic rings. The maximum absolute atomic E-state index is 13.1. The third kappa shape index (κ3) is 4.61. The Morgan fingerprint density at radius 2 is 1.59 bits per heavy atom. The second-order valence-electron chi connectivity index (χ2n) is 7.78. The molecule has 1 heterocycles. The van der Waals surface area contributed by atoms with E-state index >= 15 is 0 Å². The first kappa shape index (κ1) is 23.3. The lowest BCUT2D eigenvalue weighted by atomic mass is 10.1. The first-order chi connectivity index (χ1) is 16.4. The molecule has 0 saturated heterocycles. The number of ether oxygens (including phenoxy) is 2. The van der Waals surface area contributed by atoms with Crippen LogP contribution in [0.4, 0.5) is 0 Å². The zero-order valence-electron chi connectivity index (χ0n) is 18.8. The number of hydrogen-bond donors (Lipinski definition) is 0. The first-order valence-corrected chi connectivity index (χ1v) is 11.0. The number of nitrogens with zero attached hydrogens (tertiary/aromatic N) is 2. The highest BCUT2D eigenvalue weighted by Crippen LogP contribution is 2.27. The number of rotatable bonds is 8. The first-order valence-electron chi connectivity index (χ1n) is 10.7.